The van der Waals surface area contributed by atoms with Crippen LogP contribution in [0.4, 0.5) is 17.1 Å². The second-order valence-corrected chi connectivity index (χ2v) is 13.5. The van der Waals surface area contributed by atoms with Crippen LogP contribution in [-0.2, 0) is 0 Å². The predicted octanol–water partition coefficient (Wildman–Crippen LogP) is 13.1. The number of furan rings is 1. The summed E-state index contributed by atoms with van der Waals surface area (Å²) in [6.45, 7) is 0. The third-order valence-electron chi connectivity index (χ3n) is 9.46. The average Bonchev–Trinajstić information content (AvgIpc) is 3.55. The summed E-state index contributed by atoms with van der Waals surface area (Å²) < 4.78 is 6.15. The first-order chi connectivity index (χ1) is 24.3. The average molecular weight is 645 g/mol. The number of aromatic nitrogens is 1. The van der Waals surface area contributed by atoms with E-state index in [0.717, 1.165) is 60.9 Å². The van der Waals surface area contributed by atoms with E-state index in [1.165, 1.54) is 32.3 Å². The molecule has 0 bridgehead atoms. The summed E-state index contributed by atoms with van der Waals surface area (Å²) in [6.07, 6.45) is 0. The Morgan fingerprint density at radius 2 is 1.12 bits per heavy atom. The SMILES string of the molecule is c1ccc(-c2ccc(N3c4ccccc4Sc4cc(-c5cc(-c6ccc7oc8ccccc8c7c6)c6ccccc6n5)ccc43)cc2)cc1. The third-order valence-corrected chi connectivity index (χ3v) is 10.6. The molecule has 10 rings (SSSR count). The smallest absolute Gasteiger partial charge is 0.135 e. The molecular weight excluding hydrogens is 617 g/mol. The van der Waals surface area contributed by atoms with Gasteiger partial charge in [-0.2, -0.15) is 0 Å². The van der Waals surface area contributed by atoms with E-state index in [9.17, 15) is 0 Å². The fraction of sp³-hybridized carbons (Fsp3) is 0. The molecule has 1 aliphatic heterocycles. The number of hydrogen-bond donors (Lipinski definition) is 0. The van der Waals surface area contributed by atoms with Crippen LogP contribution in [0.2, 0.25) is 0 Å². The van der Waals surface area contributed by atoms with Gasteiger partial charge in [0.2, 0.25) is 0 Å². The second kappa shape index (κ2) is 11.3. The fourth-order valence-electron chi connectivity index (χ4n) is 7.08. The van der Waals surface area contributed by atoms with Gasteiger partial charge in [0.25, 0.3) is 0 Å². The molecule has 0 unspecified atom stereocenters. The lowest BCUT2D eigenvalue weighted by Crippen LogP contribution is -2.14. The minimum absolute atomic E-state index is 0.898. The van der Waals surface area contributed by atoms with E-state index in [-0.39, 0.29) is 0 Å². The number of para-hydroxylation sites is 3. The van der Waals surface area contributed by atoms with E-state index in [1.807, 2.05) is 23.9 Å². The zero-order chi connectivity index (χ0) is 32.3. The van der Waals surface area contributed by atoms with Crippen molar-refractivity contribution in [1.82, 2.24) is 4.98 Å². The first-order valence-corrected chi connectivity index (χ1v) is 17.3. The van der Waals surface area contributed by atoms with E-state index in [4.69, 9.17) is 9.40 Å². The van der Waals surface area contributed by atoms with Gasteiger partial charge in [0.1, 0.15) is 11.2 Å². The lowest BCUT2D eigenvalue weighted by atomic mass is 9.97. The van der Waals surface area contributed by atoms with E-state index in [2.05, 4.69) is 163 Å². The lowest BCUT2D eigenvalue weighted by molar-refractivity contribution is 0.669. The van der Waals surface area contributed by atoms with Gasteiger partial charge < -0.3 is 9.32 Å². The quantitative estimate of drug-likeness (QED) is 0.191. The Morgan fingerprint density at radius 3 is 2.02 bits per heavy atom. The molecule has 1 aliphatic rings. The second-order valence-electron chi connectivity index (χ2n) is 12.4. The minimum Gasteiger partial charge on any atom is -0.456 e. The van der Waals surface area contributed by atoms with Crippen molar-refractivity contribution in [2.24, 2.45) is 0 Å². The molecule has 0 amide bonds. The molecular formula is C45H28N2OS. The Hall–Kier alpha value is -6.10. The highest BCUT2D eigenvalue weighted by Crippen LogP contribution is 2.52. The van der Waals surface area contributed by atoms with Gasteiger partial charge in [0.05, 0.1) is 22.6 Å². The van der Waals surface area contributed by atoms with Crippen molar-refractivity contribution in [3.05, 3.63) is 170 Å². The molecule has 49 heavy (non-hydrogen) atoms. The summed E-state index contributed by atoms with van der Waals surface area (Å²) >= 11 is 1.82. The van der Waals surface area contributed by atoms with Crippen LogP contribution in [-0.4, -0.2) is 4.98 Å². The Labute approximate surface area is 288 Å². The number of rotatable bonds is 4. The Kier molecular flexibility index (Phi) is 6.42. The molecule has 7 aromatic carbocycles. The summed E-state index contributed by atoms with van der Waals surface area (Å²) in [7, 11) is 0. The molecule has 0 saturated heterocycles. The van der Waals surface area contributed by atoms with Crippen molar-refractivity contribution in [2.45, 2.75) is 9.79 Å². The zero-order valence-electron chi connectivity index (χ0n) is 26.4. The fourth-order valence-corrected chi connectivity index (χ4v) is 8.18. The molecule has 3 nitrogen and oxygen atoms in total. The molecule has 0 saturated carbocycles. The number of benzene rings is 7. The highest BCUT2D eigenvalue weighted by Gasteiger charge is 2.25. The monoisotopic (exact) mass is 644 g/mol. The van der Waals surface area contributed by atoms with Crippen LogP contribution < -0.4 is 4.90 Å². The summed E-state index contributed by atoms with van der Waals surface area (Å²) in [5.74, 6) is 0. The molecule has 0 radical (unpaired) electrons. The minimum atomic E-state index is 0.898. The molecule has 4 heteroatoms. The van der Waals surface area contributed by atoms with E-state index in [1.54, 1.807) is 0 Å². The first kappa shape index (κ1) is 28.0. The van der Waals surface area contributed by atoms with Gasteiger partial charge in [-0.05, 0) is 89.0 Å². The van der Waals surface area contributed by atoms with Crippen LogP contribution in [0.3, 0.4) is 0 Å². The van der Waals surface area contributed by atoms with Crippen molar-refractivity contribution in [2.75, 3.05) is 4.90 Å². The van der Waals surface area contributed by atoms with E-state index in [0.29, 0.717) is 0 Å². The van der Waals surface area contributed by atoms with Gasteiger partial charge in [0, 0.05) is 37.2 Å². The normalized spacial score (nSPS) is 12.4. The van der Waals surface area contributed by atoms with Crippen LogP contribution in [0.5, 0.6) is 0 Å². The molecule has 9 aromatic rings. The Balaban J connectivity index is 1.09. The third kappa shape index (κ3) is 4.72. The van der Waals surface area contributed by atoms with Crippen molar-refractivity contribution < 1.29 is 4.42 Å². The topological polar surface area (TPSA) is 29.3 Å². The van der Waals surface area contributed by atoms with Crippen LogP contribution >= 0.6 is 11.8 Å². The van der Waals surface area contributed by atoms with E-state index < -0.39 is 0 Å². The van der Waals surface area contributed by atoms with Crippen LogP contribution in [0.15, 0.2) is 184 Å². The molecule has 0 fully saturated rings. The van der Waals surface area contributed by atoms with Crippen molar-refractivity contribution in [1.29, 1.82) is 0 Å². The highest BCUT2D eigenvalue weighted by atomic mass is 32.2. The summed E-state index contributed by atoms with van der Waals surface area (Å²) in [5.41, 5.74) is 13.0. The molecule has 0 aliphatic carbocycles. The van der Waals surface area contributed by atoms with Crippen molar-refractivity contribution >= 4 is 61.7 Å². The number of hydrogen-bond acceptors (Lipinski definition) is 4. The summed E-state index contributed by atoms with van der Waals surface area (Å²) in [4.78, 5) is 10.0. The number of pyridine rings is 1. The molecule has 0 spiro atoms. The molecule has 230 valence electrons. The number of nitrogens with zero attached hydrogens (tertiary/aromatic N) is 2. The summed E-state index contributed by atoms with van der Waals surface area (Å²) in [5, 5.41) is 3.38. The van der Waals surface area contributed by atoms with Gasteiger partial charge in [-0.1, -0.05) is 115 Å². The van der Waals surface area contributed by atoms with Crippen LogP contribution in [0.25, 0.3) is 66.4 Å². The van der Waals surface area contributed by atoms with Crippen molar-refractivity contribution in [3.8, 4) is 33.5 Å². The van der Waals surface area contributed by atoms with Gasteiger partial charge in [-0.15, -0.1) is 0 Å². The largest absolute Gasteiger partial charge is 0.456 e. The Bertz CT molecular complexity index is 2700. The van der Waals surface area contributed by atoms with Gasteiger partial charge in [-0.3, -0.25) is 0 Å². The lowest BCUT2D eigenvalue weighted by Gasteiger charge is -2.33. The van der Waals surface area contributed by atoms with Gasteiger partial charge >= 0.3 is 0 Å². The zero-order valence-corrected chi connectivity index (χ0v) is 27.2. The summed E-state index contributed by atoms with van der Waals surface area (Å²) in [6, 6.07) is 60.3. The predicted molar refractivity (Wildman–Crippen MR) is 204 cm³/mol. The number of fused-ring (bicyclic) bond motifs is 6. The Morgan fingerprint density at radius 1 is 0.449 bits per heavy atom. The van der Waals surface area contributed by atoms with Crippen LogP contribution in [0, 0.1) is 0 Å². The maximum atomic E-state index is 6.15. The first-order valence-electron chi connectivity index (χ1n) is 16.5. The van der Waals surface area contributed by atoms with Crippen LogP contribution in [0.1, 0.15) is 0 Å². The highest BCUT2D eigenvalue weighted by molar-refractivity contribution is 7.99. The standard InChI is InChI=1S/C45H28N2OS/c1-2-10-29(11-3-1)30-18-22-33(23-19-30)47-40-15-7-9-17-44(40)49-45-27-32(20-24-41(45)47)39-28-36(34-12-4-6-14-38(34)46-39)31-21-25-43-37(26-31)35-13-5-8-16-42(35)48-43/h1-28H. The maximum Gasteiger partial charge on any atom is 0.135 e. The molecule has 2 aromatic heterocycles. The molecule has 0 N–H and O–H groups in total. The number of anilines is 3. The molecule has 3 heterocycles. The maximum absolute atomic E-state index is 6.15. The van der Waals surface area contributed by atoms with E-state index >= 15 is 0 Å². The van der Waals surface area contributed by atoms with Gasteiger partial charge in [-0.25, -0.2) is 4.98 Å². The van der Waals surface area contributed by atoms with Gasteiger partial charge in [0.15, 0.2) is 0 Å². The van der Waals surface area contributed by atoms with Crippen molar-refractivity contribution in [3.63, 3.8) is 0 Å². The molecule has 0 atom stereocenters.